The predicted molar refractivity (Wildman–Crippen MR) is 110 cm³/mol. The third-order valence-electron chi connectivity index (χ3n) is 3.78. The van der Waals surface area contributed by atoms with Crippen LogP contribution in [-0.2, 0) is 16.1 Å². The fraction of sp³-hybridized carbons (Fsp3) is 0.0909. The zero-order valence-electron chi connectivity index (χ0n) is 14.9. The molecule has 0 aliphatic carbocycles. The highest BCUT2D eigenvalue weighted by molar-refractivity contribution is 9.10. The van der Waals surface area contributed by atoms with Crippen molar-refractivity contribution in [2.24, 2.45) is 0 Å². The van der Waals surface area contributed by atoms with Gasteiger partial charge in [0.25, 0.3) is 5.91 Å². The van der Waals surface area contributed by atoms with Gasteiger partial charge >= 0.3 is 5.97 Å². The number of rotatable bonds is 7. The summed E-state index contributed by atoms with van der Waals surface area (Å²) in [7, 11) is 0. The van der Waals surface area contributed by atoms with Crippen molar-refractivity contribution in [1.82, 2.24) is 0 Å². The minimum absolute atomic E-state index is 0.349. The molecule has 3 rings (SSSR count). The van der Waals surface area contributed by atoms with Crippen LogP contribution in [0.2, 0.25) is 0 Å². The standard InChI is InChI=1S/C22H18BrNO4/c23-18-7-4-8-19(13-18)24-21(25)15-28-22(26)17-9-11-20(12-10-17)27-14-16-5-2-1-3-6-16/h1-13H,14-15H2,(H,24,25). The molecule has 0 fully saturated rings. The maximum atomic E-state index is 12.1. The molecule has 1 N–H and O–H groups in total. The molecular formula is C22H18BrNO4. The highest BCUT2D eigenvalue weighted by atomic mass is 79.9. The number of benzene rings is 3. The molecule has 0 saturated heterocycles. The van der Waals surface area contributed by atoms with Gasteiger partial charge in [0.05, 0.1) is 5.56 Å². The van der Waals surface area contributed by atoms with E-state index >= 15 is 0 Å². The van der Waals surface area contributed by atoms with Gasteiger partial charge in [-0.1, -0.05) is 52.3 Å². The van der Waals surface area contributed by atoms with Gasteiger partial charge in [0, 0.05) is 10.2 Å². The molecule has 0 aliphatic rings. The third-order valence-corrected chi connectivity index (χ3v) is 4.27. The average Bonchev–Trinajstić information content (AvgIpc) is 2.72. The van der Waals surface area contributed by atoms with Crippen molar-refractivity contribution in [2.45, 2.75) is 6.61 Å². The number of hydrogen-bond donors (Lipinski definition) is 1. The largest absolute Gasteiger partial charge is 0.489 e. The summed E-state index contributed by atoms with van der Waals surface area (Å²) in [5.74, 6) is -0.332. The molecule has 5 nitrogen and oxygen atoms in total. The predicted octanol–water partition coefficient (Wildman–Crippen LogP) is 4.82. The second kappa shape index (κ2) is 9.71. The van der Waals surface area contributed by atoms with Crippen LogP contribution in [0.25, 0.3) is 0 Å². The SMILES string of the molecule is O=C(COC(=O)c1ccc(OCc2ccccc2)cc1)Nc1cccc(Br)c1. The van der Waals surface area contributed by atoms with Crippen LogP contribution in [0.5, 0.6) is 5.75 Å². The minimum atomic E-state index is -0.570. The normalized spacial score (nSPS) is 10.2. The molecule has 0 aromatic heterocycles. The van der Waals surface area contributed by atoms with Gasteiger partial charge in [0.15, 0.2) is 6.61 Å². The molecule has 142 valence electrons. The number of ether oxygens (including phenoxy) is 2. The second-order valence-corrected chi connectivity index (χ2v) is 6.85. The molecule has 0 atom stereocenters. The molecule has 1 amide bonds. The first-order valence-electron chi connectivity index (χ1n) is 8.59. The molecule has 0 saturated carbocycles. The van der Waals surface area contributed by atoms with Gasteiger partial charge in [-0.15, -0.1) is 0 Å². The Morgan fingerprint density at radius 2 is 1.64 bits per heavy atom. The summed E-state index contributed by atoms with van der Waals surface area (Å²) >= 11 is 3.33. The van der Waals surface area contributed by atoms with E-state index in [-0.39, 0.29) is 6.61 Å². The summed E-state index contributed by atoms with van der Waals surface area (Å²) in [5, 5.41) is 2.66. The van der Waals surface area contributed by atoms with Crippen LogP contribution in [0, 0.1) is 0 Å². The molecule has 0 aliphatic heterocycles. The van der Waals surface area contributed by atoms with Gasteiger partial charge in [0.1, 0.15) is 12.4 Å². The summed E-state index contributed by atoms with van der Waals surface area (Å²) in [5.41, 5.74) is 2.03. The smallest absolute Gasteiger partial charge is 0.338 e. The van der Waals surface area contributed by atoms with E-state index in [4.69, 9.17) is 9.47 Å². The summed E-state index contributed by atoms with van der Waals surface area (Å²) in [4.78, 5) is 24.0. The molecule has 0 spiro atoms. The number of amides is 1. The Hall–Kier alpha value is -3.12. The van der Waals surface area contributed by atoms with Crippen LogP contribution in [-0.4, -0.2) is 18.5 Å². The summed E-state index contributed by atoms with van der Waals surface area (Å²) < 4.78 is 11.6. The Balaban J connectivity index is 1.47. The van der Waals surface area contributed by atoms with Gasteiger partial charge in [-0.05, 0) is 48.0 Å². The van der Waals surface area contributed by atoms with Crippen molar-refractivity contribution >= 4 is 33.5 Å². The highest BCUT2D eigenvalue weighted by Gasteiger charge is 2.11. The van der Waals surface area contributed by atoms with Gasteiger partial charge in [-0.25, -0.2) is 4.79 Å². The van der Waals surface area contributed by atoms with E-state index in [1.165, 1.54) is 0 Å². The van der Waals surface area contributed by atoms with Crippen LogP contribution in [0.15, 0.2) is 83.3 Å². The van der Waals surface area contributed by atoms with Gasteiger partial charge in [-0.2, -0.15) is 0 Å². The Labute approximate surface area is 171 Å². The zero-order valence-corrected chi connectivity index (χ0v) is 16.5. The monoisotopic (exact) mass is 439 g/mol. The van der Waals surface area contributed by atoms with Crippen LogP contribution in [0.1, 0.15) is 15.9 Å². The first-order valence-corrected chi connectivity index (χ1v) is 9.39. The number of halogens is 1. The summed E-state index contributed by atoms with van der Waals surface area (Å²) in [6, 6.07) is 23.6. The first-order chi connectivity index (χ1) is 13.6. The lowest BCUT2D eigenvalue weighted by atomic mass is 10.2. The van der Waals surface area contributed by atoms with Gasteiger partial charge < -0.3 is 14.8 Å². The lowest BCUT2D eigenvalue weighted by Gasteiger charge is -2.08. The molecule has 0 unspecified atom stereocenters. The third kappa shape index (κ3) is 5.96. The van der Waals surface area contributed by atoms with E-state index in [1.807, 2.05) is 36.4 Å². The lowest BCUT2D eigenvalue weighted by Crippen LogP contribution is -2.20. The summed E-state index contributed by atoms with van der Waals surface area (Å²) in [6.45, 7) is 0.0814. The van der Waals surface area contributed by atoms with E-state index < -0.39 is 11.9 Å². The number of nitrogens with one attached hydrogen (secondary N) is 1. The van der Waals surface area contributed by atoms with Gasteiger partial charge in [0.2, 0.25) is 0 Å². The fourth-order valence-corrected chi connectivity index (χ4v) is 2.81. The highest BCUT2D eigenvalue weighted by Crippen LogP contribution is 2.16. The molecule has 28 heavy (non-hydrogen) atoms. The Morgan fingerprint density at radius 1 is 0.893 bits per heavy atom. The van der Waals surface area contributed by atoms with E-state index in [9.17, 15) is 9.59 Å². The van der Waals surface area contributed by atoms with Crippen LogP contribution in [0.4, 0.5) is 5.69 Å². The number of carbonyl (C=O) groups excluding carboxylic acids is 2. The molecule has 3 aromatic rings. The van der Waals surface area contributed by atoms with E-state index in [2.05, 4.69) is 21.2 Å². The molecular weight excluding hydrogens is 422 g/mol. The molecule has 3 aromatic carbocycles. The van der Waals surface area contributed by atoms with Crippen LogP contribution < -0.4 is 10.1 Å². The topological polar surface area (TPSA) is 64.6 Å². The number of anilines is 1. The van der Waals surface area contributed by atoms with E-state index in [0.717, 1.165) is 10.0 Å². The minimum Gasteiger partial charge on any atom is -0.489 e. The molecule has 0 heterocycles. The lowest BCUT2D eigenvalue weighted by molar-refractivity contribution is -0.119. The Morgan fingerprint density at radius 3 is 2.36 bits per heavy atom. The quantitative estimate of drug-likeness (QED) is 0.535. The number of carbonyl (C=O) groups is 2. The molecule has 0 radical (unpaired) electrons. The maximum absolute atomic E-state index is 12.1. The van der Waals surface area contributed by atoms with E-state index in [1.54, 1.807) is 42.5 Å². The van der Waals surface area contributed by atoms with Crippen molar-refractivity contribution < 1.29 is 19.1 Å². The van der Waals surface area contributed by atoms with Gasteiger partial charge in [-0.3, -0.25) is 4.79 Å². The summed E-state index contributed by atoms with van der Waals surface area (Å²) in [6.07, 6.45) is 0. The van der Waals surface area contributed by atoms with Crippen molar-refractivity contribution in [2.75, 3.05) is 11.9 Å². The number of hydrogen-bond acceptors (Lipinski definition) is 4. The van der Waals surface area contributed by atoms with Crippen LogP contribution >= 0.6 is 15.9 Å². The van der Waals surface area contributed by atoms with Crippen LogP contribution in [0.3, 0.4) is 0 Å². The first kappa shape index (κ1) is 19.6. The van der Waals surface area contributed by atoms with E-state index in [0.29, 0.717) is 23.6 Å². The fourth-order valence-electron chi connectivity index (χ4n) is 2.41. The average molecular weight is 440 g/mol. The maximum Gasteiger partial charge on any atom is 0.338 e. The second-order valence-electron chi connectivity index (χ2n) is 5.93. The Kier molecular flexibility index (Phi) is 6.81. The van der Waals surface area contributed by atoms with Crippen molar-refractivity contribution in [1.29, 1.82) is 0 Å². The van der Waals surface area contributed by atoms with Crippen molar-refractivity contribution in [3.8, 4) is 5.75 Å². The molecule has 0 bridgehead atoms. The number of esters is 1. The van der Waals surface area contributed by atoms with Crippen molar-refractivity contribution in [3.63, 3.8) is 0 Å². The van der Waals surface area contributed by atoms with Crippen molar-refractivity contribution in [3.05, 3.63) is 94.5 Å². The zero-order chi connectivity index (χ0) is 19.8. The molecule has 6 heteroatoms. The Bertz CT molecular complexity index is 942.